The van der Waals surface area contributed by atoms with Crippen LogP contribution in [0.1, 0.15) is 15.9 Å². The van der Waals surface area contributed by atoms with E-state index in [2.05, 4.69) is 0 Å². The Morgan fingerprint density at radius 1 is 1.16 bits per heavy atom. The number of Topliss-reactive ketones (excluding diaryl/α,β-unsaturated/α-hetero) is 2. The van der Waals surface area contributed by atoms with Crippen LogP contribution in [0.4, 0.5) is 0 Å². The summed E-state index contributed by atoms with van der Waals surface area (Å²) in [4.78, 5) is 32.0. The highest BCUT2D eigenvalue weighted by Gasteiger charge is 2.35. The maximum absolute atomic E-state index is 11.6. The Kier molecular flexibility index (Phi) is 2.80. The van der Waals surface area contributed by atoms with Gasteiger partial charge >= 0.3 is 11.5 Å². The van der Waals surface area contributed by atoms with Gasteiger partial charge in [0.05, 0.1) is 9.82 Å². The van der Waals surface area contributed by atoms with Gasteiger partial charge in [0.15, 0.2) is 0 Å². The third kappa shape index (κ3) is 2.16. The first kappa shape index (κ1) is 13.1. The molecule has 0 amide bonds. The zero-order valence-corrected chi connectivity index (χ0v) is 9.88. The number of fused-ring (bicyclic) bond motifs is 1. The number of hydrogen-bond acceptors (Lipinski definition) is 6. The molecule has 98 valence electrons. The topological polar surface area (TPSA) is 132 Å². The van der Waals surface area contributed by atoms with Crippen molar-refractivity contribution in [2.24, 2.45) is 0 Å². The zero-order valence-electron chi connectivity index (χ0n) is 9.06. The number of hydrogen-bond donors (Lipinski definition) is 1. The Morgan fingerprint density at radius 2 is 1.79 bits per heavy atom. The Bertz CT molecular complexity index is 760. The molecule has 9 heteroatoms. The van der Waals surface area contributed by atoms with Crippen molar-refractivity contribution in [2.75, 3.05) is 0 Å². The van der Waals surface area contributed by atoms with Crippen LogP contribution < -0.4 is 0 Å². The van der Waals surface area contributed by atoms with Crippen LogP contribution in [0.3, 0.4) is 0 Å². The molecular formula is C10H5NO7S. The van der Waals surface area contributed by atoms with Crippen LogP contribution in [0, 0.1) is 10.1 Å². The Hall–Kier alpha value is -2.39. The summed E-state index contributed by atoms with van der Waals surface area (Å²) in [6, 6.07) is 2.84. The Labute approximate surface area is 106 Å². The first-order valence-corrected chi connectivity index (χ1v) is 6.22. The number of nitrogens with zero attached hydrogens (tertiary/aromatic N) is 1. The average Bonchev–Trinajstić information content (AvgIpc) is 2.31. The van der Waals surface area contributed by atoms with E-state index in [1.165, 1.54) is 0 Å². The van der Waals surface area contributed by atoms with Gasteiger partial charge in [0.1, 0.15) is 0 Å². The molecular weight excluding hydrogens is 278 g/mol. The lowest BCUT2D eigenvalue weighted by Crippen LogP contribution is -2.25. The normalized spacial score (nSPS) is 14.9. The first-order valence-electron chi connectivity index (χ1n) is 4.78. The van der Waals surface area contributed by atoms with E-state index in [1.807, 2.05) is 0 Å². The second-order valence-electron chi connectivity index (χ2n) is 3.67. The van der Waals surface area contributed by atoms with Gasteiger partial charge in [0.25, 0.3) is 10.1 Å². The van der Waals surface area contributed by atoms with Crippen molar-refractivity contribution in [3.63, 3.8) is 0 Å². The summed E-state index contributed by atoms with van der Waals surface area (Å²) in [6.07, 6.45) is 0.799. The summed E-state index contributed by atoms with van der Waals surface area (Å²) in [6.45, 7) is 0. The van der Waals surface area contributed by atoms with Crippen LogP contribution in [0.2, 0.25) is 0 Å². The van der Waals surface area contributed by atoms with Crippen LogP contribution in [0.15, 0.2) is 28.8 Å². The predicted molar refractivity (Wildman–Crippen MR) is 60.6 cm³/mol. The second-order valence-corrected chi connectivity index (χ2v) is 5.09. The smallest absolute Gasteiger partial charge is 0.285 e. The van der Waals surface area contributed by atoms with Gasteiger partial charge in [0.2, 0.25) is 5.78 Å². The minimum atomic E-state index is -4.50. The van der Waals surface area contributed by atoms with Gasteiger partial charge in [0, 0.05) is 11.6 Å². The van der Waals surface area contributed by atoms with E-state index in [1.54, 1.807) is 0 Å². The monoisotopic (exact) mass is 283 g/mol. The average molecular weight is 283 g/mol. The van der Waals surface area contributed by atoms with Crippen molar-refractivity contribution < 1.29 is 27.5 Å². The molecule has 0 saturated carbocycles. The number of allylic oxidation sites excluding steroid dienone is 1. The van der Waals surface area contributed by atoms with Crippen LogP contribution in [-0.2, 0) is 14.9 Å². The van der Waals surface area contributed by atoms with Crippen molar-refractivity contribution >= 4 is 27.8 Å². The van der Waals surface area contributed by atoms with Gasteiger partial charge in [-0.15, -0.1) is 0 Å². The van der Waals surface area contributed by atoms with Gasteiger partial charge in [-0.25, -0.2) is 0 Å². The molecule has 19 heavy (non-hydrogen) atoms. The van der Waals surface area contributed by atoms with Crippen molar-refractivity contribution in [3.8, 4) is 0 Å². The van der Waals surface area contributed by atoms with Crippen molar-refractivity contribution in [1.82, 2.24) is 0 Å². The molecule has 1 N–H and O–H groups in total. The second kappa shape index (κ2) is 4.07. The van der Waals surface area contributed by atoms with Gasteiger partial charge in [-0.1, -0.05) is 0 Å². The summed E-state index contributed by atoms with van der Waals surface area (Å²) in [5, 5.41) is 10.6. The fourth-order valence-electron chi connectivity index (χ4n) is 1.61. The molecule has 0 radical (unpaired) electrons. The molecule has 0 bridgehead atoms. The zero-order chi connectivity index (χ0) is 14.4. The summed E-state index contributed by atoms with van der Waals surface area (Å²) in [5.41, 5.74) is -1.19. The number of carbonyl (C=O) groups is 2. The quantitative estimate of drug-likeness (QED) is 0.357. The standard InChI is InChI=1S/C10H5NO7S/c12-9-7-2-1-6(19(16,17)18)3-5(7)4-8(10(9)13)11(14)15/h1-4H,(H,16,17,18). The Balaban J connectivity index is 2.72. The first-order chi connectivity index (χ1) is 8.71. The van der Waals surface area contributed by atoms with Crippen LogP contribution in [0.25, 0.3) is 6.08 Å². The van der Waals surface area contributed by atoms with Gasteiger partial charge < -0.3 is 0 Å². The van der Waals surface area contributed by atoms with Crippen molar-refractivity contribution in [1.29, 1.82) is 0 Å². The molecule has 0 fully saturated rings. The van der Waals surface area contributed by atoms with E-state index < -0.39 is 37.2 Å². The maximum Gasteiger partial charge on any atom is 0.321 e. The number of nitro groups is 1. The summed E-state index contributed by atoms with van der Waals surface area (Å²) in [5.74, 6) is -2.36. The molecule has 1 aliphatic carbocycles. The Morgan fingerprint density at radius 3 is 2.32 bits per heavy atom. The molecule has 1 aliphatic rings. The fourth-order valence-corrected chi connectivity index (χ4v) is 2.13. The van der Waals surface area contributed by atoms with Crippen molar-refractivity contribution in [2.45, 2.75) is 4.90 Å². The number of rotatable bonds is 2. The van der Waals surface area contributed by atoms with Gasteiger partial charge in [-0.3, -0.25) is 24.3 Å². The lowest BCUT2D eigenvalue weighted by Gasteiger charge is -2.10. The van der Waals surface area contributed by atoms with Gasteiger partial charge in [-0.2, -0.15) is 8.42 Å². The van der Waals surface area contributed by atoms with E-state index in [0.717, 1.165) is 24.3 Å². The maximum atomic E-state index is 11.6. The summed E-state index contributed by atoms with van der Waals surface area (Å²) in [7, 11) is -4.50. The fraction of sp³-hybridized carbons (Fsp3) is 0. The molecule has 8 nitrogen and oxygen atoms in total. The molecule has 0 atom stereocenters. The lowest BCUT2D eigenvalue weighted by atomic mass is 9.93. The SMILES string of the molecule is O=C1C(=O)c2ccc(S(=O)(=O)O)cc2C=C1[N+](=O)[O-]. The number of ketones is 2. The predicted octanol–water partition coefficient (Wildman–Crippen LogP) is 0.316. The summed E-state index contributed by atoms with van der Waals surface area (Å²) >= 11 is 0. The molecule has 2 rings (SSSR count). The van der Waals surface area contributed by atoms with Crippen LogP contribution >= 0.6 is 0 Å². The molecule has 0 saturated heterocycles. The highest BCUT2D eigenvalue weighted by atomic mass is 32.2. The lowest BCUT2D eigenvalue weighted by molar-refractivity contribution is -0.416. The minimum Gasteiger partial charge on any atom is -0.285 e. The molecule has 1 aromatic rings. The molecule has 0 aromatic heterocycles. The molecule has 0 aliphatic heterocycles. The largest absolute Gasteiger partial charge is 0.321 e. The molecule has 0 heterocycles. The van der Waals surface area contributed by atoms with Gasteiger partial charge in [-0.05, 0) is 23.8 Å². The highest BCUT2D eigenvalue weighted by molar-refractivity contribution is 7.85. The van der Waals surface area contributed by atoms with E-state index in [4.69, 9.17) is 4.55 Å². The third-order valence-electron chi connectivity index (χ3n) is 2.49. The van der Waals surface area contributed by atoms with Crippen molar-refractivity contribution in [3.05, 3.63) is 45.1 Å². The molecule has 0 spiro atoms. The van der Waals surface area contributed by atoms with Crippen LogP contribution in [0.5, 0.6) is 0 Å². The van der Waals surface area contributed by atoms with E-state index in [9.17, 15) is 28.1 Å². The number of carbonyl (C=O) groups excluding carboxylic acids is 2. The highest BCUT2D eigenvalue weighted by Crippen LogP contribution is 2.24. The minimum absolute atomic E-state index is 0.105. The van der Waals surface area contributed by atoms with E-state index >= 15 is 0 Å². The van der Waals surface area contributed by atoms with E-state index in [0.29, 0.717) is 0 Å². The molecule has 1 aromatic carbocycles. The third-order valence-corrected chi connectivity index (χ3v) is 3.34. The van der Waals surface area contributed by atoms with Crippen LogP contribution in [-0.4, -0.2) is 29.5 Å². The number of benzene rings is 1. The summed E-state index contributed by atoms with van der Waals surface area (Å²) < 4.78 is 30.7. The van der Waals surface area contributed by atoms with E-state index in [-0.39, 0.29) is 11.1 Å². The molecule has 0 unspecified atom stereocenters.